The fourth-order valence-corrected chi connectivity index (χ4v) is 3.39. The van der Waals surface area contributed by atoms with Crippen LogP contribution < -0.4 is 0 Å². The van der Waals surface area contributed by atoms with Gasteiger partial charge in [0.1, 0.15) is 0 Å². The highest BCUT2D eigenvalue weighted by Crippen LogP contribution is 2.33. The molecule has 2 heteroatoms. The lowest BCUT2D eigenvalue weighted by Gasteiger charge is -2.32. The fraction of sp³-hybridized carbons (Fsp3) is 0.211. The molecule has 2 aromatic carbocycles. The van der Waals surface area contributed by atoms with E-state index < -0.39 is 0 Å². The Hall–Kier alpha value is -2.19. The lowest BCUT2D eigenvalue weighted by Crippen LogP contribution is -2.30. The van der Waals surface area contributed by atoms with Crippen molar-refractivity contribution in [1.82, 2.24) is 9.88 Å². The molecule has 1 aromatic heterocycles. The number of nitrogens with zero attached hydrogens (tertiary/aromatic N) is 2. The molecule has 0 bridgehead atoms. The van der Waals surface area contributed by atoms with Crippen molar-refractivity contribution < 1.29 is 0 Å². The van der Waals surface area contributed by atoms with Gasteiger partial charge in [-0.05, 0) is 41.3 Å². The lowest BCUT2D eigenvalue weighted by molar-refractivity contribution is 0.295. The molecule has 1 atom stereocenters. The standard InChI is InChI=1S/C19H18N2/c1-21-12-16-4-2-3-5-18(16)19(13-21)15-7-6-14-8-9-20-11-17(14)10-15/h2-11,19H,12-13H2,1H3. The minimum atomic E-state index is 0.449. The fourth-order valence-electron chi connectivity index (χ4n) is 3.39. The van der Waals surface area contributed by atoms with Crippen LogP contribution >= 0.6 is 0 Å². The van der Waals surface area contributed by atoms with E-state index in [-0.39, 0.29) is 0 Å². The monoisotopic (exact) mass is 274 g/mol. The van der Waals surface area contributed by atoms with Gasteiger partial charge in [0.2, 0.25) is 0 Å². The van der Waals surface area contributed by atoms with Crippen molar-refractivity contribution in [1.29, 1.82) is 0 Å². The zero-order valence-corrected chi connectivity index (χ0v) is 12.2. The highest BCUT2D eigenvalue weighted by atomic mass is 15.1. The summed E-state index contributed by atoms with van der Waals surface area (Å²) in [5.41, 5.74) is 4.30. The van der Waals surface area contributed by atoms with Gasteiger partial charge in [-0.1, -0.05) is 36.4 Å². The van der Waals surface area contributed by atoms with Crippen LogP contribution in [-0.4, -0.2) is 23.5 Å². The molecule has 1 aliphatic heterocycles. The van der Waals surface area contributed by atoms with E-state index in [0.29, 0.717) is 5.92 Å². The van der Waals surface area contributed by atoms with Crippen LogP contribution in [0.2, 0.25) is 0 Å². The van der Waals surface area contributed by atoms with Gasteiger partial charge in [-0.2, -0.15) is 0 Å². The Kier molecular flexibility index (Phi) is 2.97. The van der Waals surface area contributed by atoms with E-state index in [0.717, 1.165) is 13.1 Å². The molecule has 21 heavy (non-hydrogen) atoms. The molecule has 2 nitrogen and oxygen atoms in total. The highest BCUT2D eigenvalue weighted by molar-refractivity contribution is 5.82. The van der Waals surface area contributed by atoms with Crippen molar-refractivity contribution >= 4 is 10.8 Å². The van der Waals surface area contributed by atoms with Crippen molar-refractivity contribution in [3.8, 4) is 0 Å². The summed E-state index contributed by atoms with van der Waals surface area (Å²) in [5.74, 6) is 0.449. The van der Waals surface area contributed by atoms with E-state index in [1.54, 1.807) is 0 Å². The molecule has 0 radical (unpaired) electrons. The summed E-state index contributed by atoms with van der Waals surface area (Å²) in [7, 11) is 2.20. The first kappa shape index (κ1) is 12.5. The number of likely N-dealkylation sites (N-methyl/N-ethyl adjacent to an activating group) is 1. The number of hydrogen-bond acceptors (Lipinski definition) is 2. The number of rotatable bonds is 1. The van der Waals surface area contributed by atoms with Gasteiger partial charge in [-0.15, -0.1) is 0 Å². The summed E-state index contributed by atoms with van der Waals surface area (Å²) in [6.45, 7) is 2.12. The van der Waals surface area contributed by atoms with Gasteiger partial charge < -0.3 is 4.90 Å². The molecule has 1 unspecified atom stereocenters. The van der Waals surface area contributed by atoms with Crippen LogP contribution in [-0.2, 0) is 6.54 Å². The third-order valence-corrected chi connectivity index (χ3v) is 4.43. The molecule has 0 spiro atoms. The summed E-state index contributed by atoms with van der Waals surface area (Å²) in [6, 6.07) is 17.7. The summed E-state index contributed by atoms with van der Waals surface area (Å²) in [6.07, 6.45) is 3.81. The second-order valence-corrected chi connectivity index (χ2v) is 5.93. The number of aromatic nitrogens is 1. The molecular weight excluding hydrogens is 256 g/mol. The Bertz CT molecular complexity index is 794. The van der Waals surface area contributed by atoms with Crippen LogP contribution in [0, 0.1) is 0 Å². The minimum absolute atomic E-state index is 0.449. The normalized spacial score (nSPS) is 18.6. The van der Waals surface area contributed by atoms with Crippen LogP contribution in [0.25, 0.3) is 10.8 Å². The summed E-state index contributed by atoms with van der Waals surface area (Å²) in [4.78, 5) is 6.65. The molecule has 0 N–H and O–H groups in total. The molecule has 0 aliphatic carbocycles. The van der Waals surface area contributed by atoms with Gasteiger partial charge in [-0.25, -0.2) is 0 Å². The third kappa shape index (κ3) is 2.22. The smallest absolute Gasteiger partial charge is 0.0346 e. The predicted molar refractivity (Wildman–Crippen MR) is 86.4 cm³/mol. The molecule has 0 amide bonds. The number of benzene rings is 2. The molecule has 1 aliphatic rings. The SMILES string of the molecule is CN1Cc2ccccc2C(c2ccc3ccncc3c2)C1. The lowest BCUT2D eigenvalue weighted by atomic mass is 9.84. The predicted octanol–water partition coefficient (Wildman–Crippen LogP) is 3.81. The Morgan fingerprint density at radius 2 is 1.95 bits per heavy atom. The van der Waals surface area contributed by atoms with Gasteiger partial charge in [-0.3, -0.25) is 4.98 Å². The van der Waals surface area contributed by atoms with E-state index in [4.69, 9.17) is 0 Å². The third-order valence-electron chi connectivity index (χ3n) is 4.43. The maximum atomic E-state index is 4.25. The maximum absolute atomic E-state index is 4.25. The van der Waals surface area contributed by atoms with Crippen molar-refractivity contribution in [3.05, 3.63) is 77.6 Å². The van der Waals surface area contributed by atoms with Crippen molar-refractivity contribution in [2.45, 2.75) is 12.5 Å². The number of pyridine rings is 1. The largest absolute Gasteiger partial charge is 0.301 e. The second-order valence-electron chi connectivity index (χ2n) is 5.93. The first-order chi connectivity index (χ1) is 10.3. The summed E-state index contributed by atoms with van der Waals surface area (Å²) in [5, 5.41) is 2.48. The van der Waals surface area contributed by atoms with Crippen LogP contribution in [0.3, 0.4) is 0 Å². The van der Waals surface area contributed by atoms with E-state index >= 15 is 0 Å². The number of hydrogen-bond donors (Lipinski definition) is 0. The first-order valence-corrected chi connectivity index (χ1v) is 7.41. The molecule has 3 aromatic rings. The molecule has 0 fully saturated rings. The first-order valence-electron chi connectivity index (χ1n) is 7.41. The zero-order valence-electron chi connectivity index (χ0n) is 12.2. The molecule has 0 saturated heterocycles. The van der Waals surface area contributed by atoms with Gasteiger partial charge >= 0.3 is 0 Å². The van der Waals surface area contributed by atoms with E-state index in [2.05, 4.69) is 65.5 Å². The zero-order chi connectivity index (χ0) is 14.2. The molecular formula is C19H18N2. The quantitative estimate of drug-likeness (QED) is 0.671. The van der Waals surface area contributed by atoms with Gasteiger partial charge in [0.15, 0.2) is 0 Å². The highest BCUT2D eigenvalue weighted by Gasteiger charge is 2.24. The van der Waals surface area contributed by atoms with E-state index in [1.807, 2.05) is 12.4 Å². The summed E-state index contributed by atoms with van der Waals surface area (Å²) >= 11 is 0. The van der Waals surface area contributed by atoms with Crippen molar-refractivity contribution in [2.24, 2.45) is 0 Å². The Balaban J connectivity index is 1.84. The average Bonchev–Trinajstić information content (AvgIpc) is 2.53. The molecule has 4 rings (SSSR count). The van der Waals surface area contributed by atoms with Gasteiger partial charge in [0, 0.05) is 36.8 Å². The Labute approximate surface area is 125 Å². The summed E-state index contributed by atoms with van der Waals surface area (Å²) < 4.78 is 0. The topological polar surface area (TPSA) is 16.1 Å². The van der Waals surface area contributed by atoms with Gasteiger partial charge in [0.05, 0.1) is 0 Å². The molecule has 0 saturated carbocycles. The van der Waals surface area contributed by atoms with Crippen molar-refractivity contribution in [3.63, 3.8) is 0 Å². The van der Waals surface area contributed by atoms with Crippen LogP contribution in [0.1, 0.15) is 22.6 Å². The van der Waals surface area contributed by atoms with Crippen LogP contribution in [0.15, 0.2) is 60.9 Å². The average molecular weight is 274 g/mol. The van der Waals surface area contributed by atoms with E-state index in [1.165, 1.54) is 27.5 Å². The number of fused-ring (bicyclic) bond motifs is 2. The minimum Gasteiger partial charge on any atom is -0.301 e. The van der Waals surface area contributed by atoms with Crippen LogP contribution in [0.5, 0.6) is 0 Å². The van der Waals surface area contributed by atoms with Crippen molar-refractivity contribution in [2.75, 3.05) is 13.6 Å². The maximum Gasteiger partial charge on any atom is 0.0346 e. The van der Waals surface area contributed by atoms with E-state index in [9.17, 15) is 0 Å². The van der Waals surface area contributed by atoms with Crippen LogP contribution in [0.4, 0.5) is 0 Å². The second kappa shape index (κ2) is 4.97. The van der Waals surface area contributed by atoms with Gasteiger partial charge in [0.25, 0.3) is 0 Å². The molecule has 104 valence electrons. The Morgan fingerprint density at radius 1 is 1.05 bits per heavy atom. The Morgan fingerprint density at radius 3 is 2.90 bits per heavy atom. The molecule has 2 heterocycles.